The van der Waals surface area contributed by atoms with E-state index in [0.29, 0.717) is 21.7 Å². The third-order valence-corrected chi connectivity index (χ3v) is 3.38. The molecule has 0 spiro atoms. The lowest BCUT2D eigenvalue weighted by Crippen LogP contribution is -2.01. The average Bonchev–Trinajstić information content (AvgIpc) is 2.35. The number of pyridine rings is 1. The minimum Gasteiger partial charge on any atom is -0.372 e. The zero-order valence-corrected chi connectivity index (χ0v) is 12.5. The molecule has 5 heteroatoms. The lowest BCUT2D eigenvalue weighted by molar-refractivity contribution is 1.26. The van der Waals surface area contributed by atoms with Gasteiger partial charge in [-0.3, -0.25) is 0 Å². The first kappa shape index (κ1) is 14.0. The number of nitrogens with zero attached hydrogens (tertiary/aromatic N) is 1. The fourth-order valence-electron chi connectivity index (χ4n) is 1.81. The van der Waals surface area contributed by atoms with Gasteiger partial charge in [0.1, 0.15) is 5.82 Å². The van der Waals surface area contributed by atoms with Gasteiger partial charge in [0, 0.05) is 12.7 Å². The van der Waals surface area contributed by atoms with E-state index in [0.717, 1.165) is 11.3 Å². The topological polar surface area (TPSA) is 37.0 Å². The van der Waals surface area contributed by atoms with E-state index in [9.17, 15) is 0 Å². The molecule has 0 saturated heterocycles. The molecule has 0 aliphatic heterocycles. The molecule has 0 atom stereocenters. The maximum absolute atomic E-state index is 6.15. The summed E-state index contributed by atoms with van der Waals surface area (Å²) in [4.78, 5) is 4.36. The molecule has 0 aliphatic carbocycles. The molecule has 0 saturated carbocycles. The van der Waals surface area contributed by atoms with E-state index < -0.39 is 0 Å². The van der Waals surface area contributed by atoms with E-state index >= 15 is 0 Å². The van der Waals surface area contributed by atoms with Gasteiger partial charge in [-0.2, -0.15) is 0 Å². The molecular formula is C14H15Cl2N3. The zero-order chi connectivity index (χ0) is 14.0. The number of rotatable bonds is 3. The number of halogens is 2. The van der Waals surface area contributed by atoms with Crippen LogP contribution in [0.4, 0.5) is 17.3 Å². The van der Waals surface area contributed by atoms with Crippen LogP contribution in [0.25, 0.3) is 0 Å². The summed E-state index contributed by atoms with van der Waals surface area (Å²) in [5, 5.41) is 7.15. The molecule has 2 N–H and O–H groups in total. The van der Waals surface area contributed by atoms with Crippen LogP contribution in [0.1, 0.15) is 11.1 Å². The van der Waals surface area contributed by atoms with Crippen molar-refractivity contribution in [3.8, 4) is 0 Å². The number of hydrogen-bond donors (Lipinski definition) is 2. The molecule has 1 aromatic heterocycles. The highest BCUT2D eigenvalue weighted by Gasteiger charge is 2.09. The largest absolute Gasteiger partial charge is 0.372 e. The quantitative estimate of drug-likeness (QED) is 0.855. The minimum absolute atomic E-state index is 0.490. The molecule has 0 fully saturated rings. The van der Waals surface area contributed by atoms with Crippen molar-refractivity contribution in [2.24, 2.45) is 0 Å². The van der Waals surface area contributed by atoms with Crippen LogP contribution in [-0.4, -0.2) is 12.0 Å². The molecule has 19 heavy (non-hydrogen) atoms. The van der Waals surface area contributed by atoms with Crippen molar-refractivity contribution < 1.29 is 0 Å². The van der Waals surface area contributed by atoms with Gasteiger partial charge in [0.25, 0.3) is 0 Å². The summed E-state index contributed by atoms with van der Waals surface area (Å²) in [6.45, 7) is 4.10. The summed E-state index contributed by atoms with van der Waals surface area (Å²) < 4.78 is 0. The Kier molecular flexibility index (Phi) is 4.17. The Morgan fingerprint density at radius 2 is 1.68 bits per heavy atom. The number of nitrogens with one attached hydrogen (secondary N) is 2. The van der Waals surface area contributed by atoms with Crippen LogP contribution < -0.4 is 10.6 Å². The molecular weight excluding hydrogens is 281 g/mol. The molecule has 1 heterocycles. The minimum atomic E-state index is 0.490. The summed E-state index contributed by atoms with van der Waals surface area (Å²) in [6, 6.07) is 7.83. The second kappa shape index (κ2) is 5.68. The number of aryl methyl sites for hydroxylation is 2. The van der Waals surface area contributed by atoms with Gasteiger partial charge in [-0.1, -0.05) is 40.9 Å². The van der Waals surface area contributed by atoms with Gasteiger partial charge < -0.3 is 10.6 Å². The van der Waals surface area contributed by atoms with Crippen molar-refractivity contribution in [3.05, 3.63) is 45.4 Å². The fourth-order valence-corrected chi connectivity index (χ4v) is 2.31. The van der Waals surface area contributed by atoms with Crippen molar-refractivity contribution in [1.29, 1.82) is 0 Å². The standard InChI is InChI=1S/C14H15Cl2N3/c1-8-4-5-12(9(2)6-8)18-14-11(16)7-10(15)13(17-3)19-14/h4-7H,1-3H3,(H2,17,18,19). The fraction of sp³-hybridized carbons (Fsp3) is 0.214. The highest BCUT2D eigenvalue weighted by molar-refractivity contribution is 6.37. The molecule has 0 aliphatic rings. The second-order valence-electron chi connectivity index (χ2n) is 4.34. The SMILES string of the molecule is CNc1nc(Nc2ccc(C)cc2C)c(Cl)cc1Cl. The Labute approximate surface area is 123 Å². The van der Waals surface area contributed by atoms with Crippen LogP contribution in [0.2, 0.25) is 10.0 Å². The third-order valence-electron chi connectivity index (χ3n) is 2.80. The predicted molar refractivity (Wildman–Crippen MR) is 83.0 cm³/mol. The average molecular weight is 296 g/mol. The van der Waals surface area contributed by atoms with E-state index in [2.05, 4.69) is 28.6 Å². The number of aromatic nitrogens is 1. The van der Waals surface area contributed by atoms with Gasteiger partial charge in [0.05, 0.1) is 10.0 Å². The van der Waals surface area contributed by atoms with Gasteiger partial charge in [0.2, 0.25) is 0 Å². The van der Waals surface area contributed by atoms with E-state index in [4.69, 9.17) is 23.2 Å². The molecule has 0 unspecified atom stereocenters. The van der Waals surface area contributed by atoms with Crippen molar-refractivity contribution >= 4 is 40.5 Å². The first-order valence-corrected chi connectivity index (χ1v) is 6.65. The summed E-state index contributed by atoms with van der Waals surface area (Å²) in [5.41, 5.74) is 3.33. The van der Waals surface area contributed by atoms with E-state index in [1.165, 1.54) is 5.56 Å². The summed E-state index contributed by atoms with van der Waals surface area (Å²) >= 11 is 12.2. The Morgan fingerprint density at radius 3 is 2.32 bits per heavy atom. The maximum Gasteiger partial charge on any atom is 0.151 e. The smallest absolute Gasteiger partial charge is 0.151 e. The summed E-state index contributed by atoms with van der Waals surface area (Å²) in [5.74, 6) is 1.18. The van der Waals surface area contributed by atoms with Gasteiger partial charge in [-0.15, -0.1) is 0 Å². The molecule has 0 bridgehead atoms. The number of hydrogen-bond acceptors (Lipinski definition) is 3. The van der Waals surface area contributed by atoms with E-state index in [1.54, 1.807) is 13.1 Å². The van der Waals surface area contributed by atoms with Crippen LogP contribution in [-0.2, 0) is 0 Å². The third kappa shape index (κ3) is 3.11. The normalized spacial score (nSPS) is 10.4. The summed E-state index contributed by atoms with van der Waals surface area (Å²) in [6.07, 6.45) is 0. The van der Waals surface area contributed by atoms with Crippen LogP contribution in [0.5, 0.6) is 0 Å². The highest BCUT2D eigenvalue weighted by atomic mass is 35.5. The van der Waals surface area contributed by atoms with Crippen LogP contribution in [0, 0.1) is 13.8 Å². The molecule has 100 valence electrons. The lowest BCUT2D eigenvalue weighted by atomic mass is 10.1. The van der Waals surface area contributed by atoms with Gasteiger partial charge in [-0.05, 0) is 31.5 Å². The second-order valence-corrected chi connectivity index (χ2v) is 5.16. The van der Waals surface area contributed by atoms with Crippen molar-refractivity contribution in [2.75, 3.05) is 17.7 Å². The van der Waals surface area contributed by atoms with Crippen molar-refractivity contribution in [1.82, 2.24) is 4.98 Å². The molecule has 2 aromatic rings. The van der Waals surface area contributed by atoms with Crippen LogP contribution in [0.3, 0.4) is 0 Å². The Morgan fingerprint density at radius 1 is 1.00 bits per heavy atom. The Hall–Kier alpha value is -1.45. The van der Waals surface area contributed by atoms with E-state index in [-0.39, 0.29) is 0 Å². The first-order chi connectivity index (χ1) is 9.01. The predicted octanol–water partition coefficient (Wildman–Crippen LogP) is 4.79. The Bertz CT molecular complexity index is 612. The first-order valence-electron chi connectivity index (χ1n) is 5.89. The molecule has 0 radical (unpaired) electrons. The molecule has 2 rings (SSSR count). The monoisotopic (exact) mass is 295 g/mol. The van der Waals surface area contributed by atoms with Crippen molar-refractivity contribution in [3.63, 3.8) is 0 Å². The van der Waals surface area contributed by atoms with Gasteiger partial charge >= 0.3 is 0 Å². The van der Waals surface area contributed by atoms with E-state index in [1.807, 2.05) is 19.1 Å². The number of benzene rings is 1. The summed E-state index contributed by atoms with van der Waals surface area (Å²) in [7, 11) is 1.77. The van der Waals surface area contributed by atoms with Crippen LogP contribution in [0.15, 0.2) is 24.3 Å². The number of anilines is 3. The van der Waals surface area contributed by atoms with Gasteiger partial charge in [-0.25, -0.2) is 4.98 Å². The Balaban J connectivity index is 2.37. The maximum atomic E-state index is 6.15. The molecule has 1 aromatic carbocycles. The zero-order valence-electron chi connectivity index (χ0n) is 11.0. The van der Waals surface area contributed by atoms with Gasteiger partial charge in [0.15, 0.2) is 5.82 Å². The molecule has 3 nitrogen and oxygen atoms in total. The lowest BCUT2D eigenvalue weighted by Gasteiger charge is -2.13. The molecule has 0 amide bonds. The highest BCUT2D eigenvalue weighted by Crippen LogP contribution is 2.31. The van der Waals surface area contributed by atoms with Crippen LogP contribution >= 0.6 is 23.2 Å². The van der Waals surface area contributed by atoms with Crippen molar-refractivity contribution in [2.45, 2.75) is 13.8 Å².